The number of aryl methyl sites for hydroxylation is 2. The molecule has 0 radical (unpaired) electrons. The highest BCUT2D eigenvalue weighted by molar-refractivity contribution is 5.92. The molecule has 5 atom stereocenters. The van der Waals surface area contributed by atoms with Crippen molar-refractivity contribution in [2.45, 2.75) is 65.5 Å². The molecule has 7 heteroatoms. The second-order valence-electron chi connectivity index (χ2n) is 11.9. The standard InChI is InChI=1S/C32H40FN3O3/c1-5-28(37)34-12-11-26-27(19-34)31(38)36-13-10-20(2)17-35(18-23-15-21(3)14-22(4)16-23)32(39)30(36)29(26)24-6-8-25(33)9-7-24/h6-9,14-16,20,26-27,29-30H,5,10-13,17-19H2,1-4H3/t20-,26?,27?,29?,30?/m1/s1. The summed E-state index contributed by atoms with van der Waals surface area (Å²) in [4.78, 5) is 46.8. The maximum Gasteiger partial charge on any atom is 0.246 e. The van der Waals surface area contributed by atoms with Gasteiger partial charge in [0.15, 0.2) is 0 Å². The zero-order valence-corrected chi connectivity index (χ0v) is 23.5. The first kappa shape index (κ1) is 27.4. The number of likely N-dealkylation sites (tertiary alicyclic amines) is 1. The van der Waals surface area contributed by atoms with E-state index < -0.39 is 6.04 Å². The van der Waals surface area contributed by atoms with Gasteiger partial charge in [-0.25, -0.2) is 4.39 Å². The lowest BCUT2D eigenvalue weighted by molar-refractivity contribution is -0.164. The minimum absolute atomic E-state index is 0.0224. The summed E-state index contributed by atoms with van der Waals surface area (Å²) in [6.07, 6.45) is 1.85. The average Bonchev–Trinajstić information content (AvgIpc) is 2.90. The normalized spacial score (nSPS) is 27.5. The Balaban J connectivity index is 1.56. The van der Waals surface area contributed by atoms with E-state index in [9.17, 15) is 18.8 Å². The molecule has 0 aromatic heterocycles. The van der Waals surface area contributed by atoms with E-state index in [0.717, 1.165) is 28.7 Å². The summed E-state index contributed by atoms with van der Waals surface area (Å²) < 4.78 is 14.0. The van der Waals surface area contributed by atoms with Crippen molar-refractivity contribution in [1.82, 2.24) is 14.7 Å². The Morgan fingerprint density at radius 1 is 0.949 bits per heavy atom. The van der Waals surface area contributed by atoms with E-state index in [2.05, 4.69) is 39.0 Å². The first-order chi connectivity index (χ1) is 18.7. The number of amides is 3. The number of piperidine rings is 2. The van der Waals surface area contributed by atoms with Gasteiger partial charge in [-0.1, -0.05) is 55.3 Å². The van der Waals surface area contributed by atoms with Crippen molar-refractivity contribution in [3.8, 4) is 0 Å². The lowest BCUT2D eigenvalue weighted by Crippen LogP contribution is -2.65. The molecule has 0 saturated carbocycles. The Hall–Kier alpha value is -3.22. The Kier molecular flexibility index (Phi) is 7.79. The van der Waals surface area contributed by atoms with E-state index in [1.807, 2.05) is 21.6 Å². The number of fused-ring (bicyclic) bond motifs is 2. The molecule has 2 aromatic carbocycles. The lowest BCUT2D eigenvalue weighted by atomic mass is 9.66. The van der Waals surface area contributed by atoms with Crippen molar-refractivity contribution in [1.29, 1.82) is 0 Å². The van der Waals surface area contributed by atoms with E-state index >= 15 is 0 Å². The van der Waals surface area contributed by atoms with Crippen LogP contribution >= 0.6 is 0 Å². The van der Waals surface area contributed by atoms with E-state index in [1.165, 1.54) is 12.1 Å². The second-order valence-corrected chi connectivity index (χ2v) is 11.9. The number of halogens is 1. The maximum atomic E-state index is 14.5. The molecule has 6 nitrogen and oxygen atoms in total. The van der Waals surface area contributed by atoms with Crippen molar-refractivity contribution in [3.63, 3.8) is 0 Å². The molecule has 0 aliphatic carbocycles. The predicted molar refractivity (Wildman–Crippen MR) is 148 cm³/mol. The number of nitrogens with zero attached hydrogens (tertiary/aromatic N) is 3. The summed E-state index contributed by atoms with van der Waals surface area (Å²) in [7, 11) is 0. The van der Waals surface area contributed by atoms with E-state index in [-0.39, 0.29) is 47.2 Å². The van der Waals surface area contributed by atoms with E-state index in [1.54, 1.807) is 12.1 Å². The van der Waals surface area contributed by atoms with E-state index in [0.29, 0.717) is 45.6 Å². The van der Waals surface area contributed by atoms with Gasteiger partial charge in [-0.05, 0) is 61.8 Å². The van der Waals surface area contributed by atoms with Gasteiger partial charge in [0.05, 0.1) is 5.92 Å². The monoisotopic (exact) mass is 533 g/mol. The molecule has 0 bridgehead atoms. The maximum absolute atomic E-state index is 14.5. The molecule has 3 aliphatic heterocycles. The summed E-state index contributed by atoms with van der Waals surface area (Å²) in [6, 6.07) is 12.2. The summed E-state index contributed by atoms with van der Waals surface area (Å²) in [5.74, 6) is -0.796. The Bertz CT molecular complexity index is 1230. The zero-order chi connectivity index (χ0) is 27.8. The molecule has 3 saturated heterocycles. The number of carbonyl (C=O) groups is 3. The van der Waals surface area contributed by atoms with Crippen LogP contribution in [0.4, 0.5) is 4.39 Å². The highest BCUT2D eigenvalue weighted by atomic mass is 19.1. The second kappa shape index (κ2) is 11.1. The van der Waals surface area contributed by atoms with Crippen molar-refractivity contribution in [2.24, 2.45) is 17.8 Å². The largest absolute Gasteiger partial charge is 0.342 e. The molecule has 2 aromatic rings. The molecule has 3 amide bonds. The van der Waals surface area contributed by atoms with Crippen molar-refractivity contribution < 1.29 is 18.8 Å². The molecule has 3 aliphatic rings. The third-order valence-corrected chi connectivity index (χ3v) is 8.93. The fourth-order valence-electron chi connectivity index (χ4n) is 7.17. The van der Waals surface area contributed by atoms with Gasteiger partial charge in [0.1, 0.15) is 11.9 Å². The van der Waals surface area contributed by atoms with Crippen molar-refractivity contribution in [2.75, 3.05) is 26.2 Å². The number of hydrogen-bond acceptors (Lipinski definition) is 3. The molecular formula is C32H40FN3O3. The summed E-state index contributed by atoms with van der Waals surface area (Å²) in [6.45, 7) is 10.7. The first-order valence-corrected chi connectivity index (χ1v) is 14.4. The van der Waals surface area contributed by atoms with Crippen LogP contribution in [0.2, 0.25) is 0 Å². The topological polar surface area (TPSA) is 60.9 Å². The Morgan fingerprint density at radius 2 is 1.64 bits per heavy atom. The average molecular weight is 534 g/mol. The van der Waals surface area contributed by atoms with Crippen LogP contribution in [0, 0.1) is 37.4 Å². The zero-order valence-electron chi connectivity index (χ0n) is 23.5. The van der Waals surface area contributed by atoms with Gasteiger partial charge in [0.25, 0.3) is 0 Å². The van der Waals surface area contributed by atoms with Crippen LogP contribution in [0.3, 0.4) is 0 Å². The van der Waals surface area contributed by atoms with Crippen molar-refractivity contribution >= 4 is 17.7 Å². The van der Waals surface area contributed by atoms with Crippen LogP contribution in [-0.2, 0) is 20.9 Å². The first-order valence-electron chi connectivity index (χ1n) is 14.4. The van der Waals surface area contributed by atoms with Gasteiger partial charge in [0, 0.05) is 45.1 Å². The van der Waals surface area contributed by atoms with Gasteiger partial charge in [-0.2, -0.15) is 0 Å². The summed E-state index contributed by atoms with van der Waals surface area (Å²) in [5.41, 5.74) is 4.29. The SMILES string of the molecule is CCC(=O)N1CCC2C(C1)C(=O)N1CC[C@@H](C)CN(Cc3cc(C)cc(C)c3)C(=O)C1C2c1ccc(F)cc1. The summed E-state index contributed by atoms with van der Waals surface area (Å²) in [5, 5.41) is 0. The van der Waals surface area contributed by atoms with Gasteiger partial charge >= 0.3 is 0 Å². The third kappa shape index (κ3) is 5.45. The lowest BCUT2D eigenvalue weighted by Gasteiger charge is -2.53. The van der Waals surface area contributed by atoms with Crippen molar-refractivity contribution in [3.05, 3.63) is 70.5 Å². The number of benzene rings is 2. The molecule has 0 spiro atoms. The van der Waals surface area contributed by atoms with Gasteiger partial charge < -0.3 is 14.7 Å². The van der Waals surface area contributed by atoms with Crippen LogP contribution in [-0.4, -0.2) is 64.6 Å². The van der Waals surface area contributed by atoms with Crippen LogP contribution in [0.5, 0.6) is 0 Å². The van der Waals surface area contributed by atoms with Gasteiger partial charge in [0.2, 0.25) is 17.7 Å². The molecule has 39 heavy (non-hydrogen) atoms. The molecule has 208 valence electrons. The Labute approximate surface area is 231 Å². The highest BCUT2D eigenvalue weighted by Crippen LogP contribution is 2.46. The molecule has 3 heterocycles. The molecule has 0 N–H and O–H groups in total. The number of hydrogen-bond donors (Lipinski definition) is 0. The summed E-state index contributed by atoms with van der Waals surface area (Å²) >= 11 is 0. The molecule has 3 fully saturated rings. The minimum atomic E-state index is -0.643. The predicted octanol–water partition coefficient (Wildman–Crippen LogP) is 4.68. The molecular weight excluding hydrogens is 493 g/mol. The van der Waals surface area contributed by atoms with Crippen LogP contribution in [0.25, 0.3) is 0 Å². The smallest absolute Gasteiger partial charge is 0.246 e. The van der Waals surface area contributed by atoms with Crippen LogP contribution in [0.15, 0.2) is 42.5 Å². The fraction of sp³-hybridized carbons (Fsp3) is 0.531. The third-order valence-electron chi connectivity index (χ3n) is 8.93. The Morgan fingerprint density at radius 3 is 2.31 bits per heavy atom. The number of carbonyl (C=O) groups excluding carboxylic acids is 3. The van der Waals surface area contributed by atoms with Crippen LogP contribution in [0.1, 0.15) is 61.3 Å². The van der Waals surface area contributed by atoms with E-state index in [4.69, 9.17) is 0 Å². The fourth-order valence-corrected chi connectivity index (χ4v) is 7.17. The number of rotatable bonds is 4. The van der Waals surface area contributed by atoms with Crippen LogP contribution < -0.4 is 0 Å². The highest BCUT2D eigenvalue weighted by Gasteiger charge is 2.54. The van der Waals surface area contributed by atoms with Gasteiger partial charge in [-0.15, -0.1) is 0 Å². The molecule has 5 rings (SSSR count). The molecule has 4 unspecified atom stereocenters. The quantitative estimate of drug-likeness (QED) is 0.574. The minimum Gasteiger partial charge on any atom is -0.342 e. The van der Waals surface area contributed by atoms with Gasteiger partial charge in [-0.3, -0.25) is 14.4 Å².